The van der Waals surface area contributed by atoms with Crippen LogP contribution in [0.2, 0.25) is 0 Å². The SMILES string of the molecule is O=C(CSCC(=O)Nc1ccccc1F)Nc1nc2cc3c(cc2s1)OCCO3. The molecular formula is C19H16FN3O4S2. The van der Waals surface area contributed by atoms with E-state index in [0.717, 1.165) is 16.5 Å². The van der Waals surface area contributed by atoms with Crippen LogP contribution < -0.4 is 20.1 Å². The molecule has 0 saturated carbocycles. The molecule has 1 aromatic heterocycles. The van der Waals surface area contributed by atoms with Gasteiger partial charge in [0, 0.05) is 12.1 Å². The number of nitrogens with zero attached hydrogens (tertiary/aromatic N) is 1. The third kappa shape index (κ3) is 4.77. The first-order chi connectivity index (χ1) is 14.1. The van der Waals surface area contributed by atoms with Gasteiger partial charge in [-0.2, -0.15) is 0 Å². The summed E-state index contributed by atoms with van der Waals surface area (Å²) in [6.45, 7) is 0.997. The molecule has 0 fully saturated rings. The number of thioether (sulfide) groups is 1. The molecule has 0 saturated heterocycles. The van der Waals surface area contributed by atoms with Gasteiger partial charge in [0.15, 0.2) is 16.6 Å². The lowest BCUT2D eigenvalue weighted by molar-refractivity contribution is -0.114. The minimum absolute atomic E-state index is 0.0308. The van der Waals surface area contributed by atoms with E-state index in [1.165, 1.54) is 23.5 Å². The molecule has 0 unspecified atom stereocenters. The Morgan fingerprint density at radius 1 is 1.07 bits per heavy atom. The number of para-hydroxylation sites is 1. The number of carbonyl (C=O) groups excluding carboxylic acids is 2. The van der Waals surface area contributed by atoms with Crippen LogP contribution in [0.25, 0.3) is 10.2 Å². The van der Waals surface area contributed by atoms with E-state index in [9.17, 15) is 14.0 Å². The van der Waals surface area contributed by atoms with Crippen LogP contribution in [0.5, 0.6) is 11.5 Å². The Hall–Kier alpha value is -2.85. The molecule has 0 spiro atoms. The fourth-order valence-corrected chi connectivity index (χ4v) is 4.17. The average Bonchev–Trinajstić information content (AvgIpc) is 3.08. The first-order valence-electron chi connectivity index (χ1n) is 8.70. The third-order valence-corrected chi connectivity index (χ3v) is 5.78. The number of anilines is 2. The fourth-order valence-electron chi connectivity index (χ4n) is 2.66. The van der Waals surface area contributed by atoms with Crippen molar-refractivity contribution in [1.82, 2.24) is 4.98 Å². The number of rotatable bonds is 6. The van der Waals surface area contributed by atoms with Crippen molar-refractivity contribution in [3.63, 3.8) is 0 Å². The third-order valence-electron chi connectivity index (χ3n) is 3.91. The first kappa shape index (κ1) is 19.5. The summed E-state index contributed by atoms with van der Waals surface area (Å²) < 4.78 is 25.5. The van der Waals surface area contributed by atoms with Gasteiger partial charge in [0.2, 0.25) is 11.8 Å². The molecule has 150 valence electrons. The number of ether oxygens (including phenoxy) is 2. The number of fused-ring (bicyclic) bond motifs is 2. The maximum Gasteiger partial charge on any atom is 0.236 e. The number of amides is 2. The molecule has 2 N–H and O–H groups in total. The van der Waals surface area contributed by atoms with Gasteiger partial charge in [0.05, 0.1) is 27.4 Å². The topological polar surface area (TPSA) is 89.6 Å². The van der Waals surface area contributed by atoms with E-state index < -0.39 is 5.82 Å². The van der Waals surface area contributed by atoms with Crippen molar-refractivity contribution in [2.45, 2.75) is 0 Å². The number of halogens is 1. The number of thiazole rings is 1. The molecule has 29 heavy (non-hydrogen) atoms. The van der Waals surface area contributed by atoms with Gasteiger partial charge in [-0.05, 0) is 12.1 Å². The van der Waals surface area contributed by atoms with E-state index in [2.05, 4.69) is 15.6 Å². The normalized spacial score (nSPS) is 12.6. The molecule has 10 heteroatoms. The van der Waals surface area contributed by atoms with E-state index in [-0.39, 0.29) is 29.0 Å². The van der Waals surface area contributed by atoms with Crippen LogP contribution in [0.15, 0.2) is 36.4 Å². The quantitative estimate of drug-likeness (QED) is 0.618. The Bertz CT molecular complexity index is 1030. The summed E-state index contributed by atoms with van der Waals surface area (Å²) in [6, 6.07) is 9.55. The van der Waals surface area contributed by atoms with Crippen molar-refractivity contribution in [3.8, 4) is 11.5 Å². The van der Waals surface area contributed by atoms with Crippen LogP contribution >= 0.6 is 23.1 Å². The van der Waals surface area contributed by atoms with E-state index in [0.29, 0.717) is 35.4 Å². The summed E-state index contributed by atoms with van der Waals surface area (Å²) in [4.78, 5) is 28.4. The van der Waals surface area contributed by atoms with Gasteiger partial charge >= 0.3 is 0 Å². The summed E-state index contributed by atoms with van der Waals surface area (Å²) in [5.41, 5.74) is 0.833. The van der Waals surface area contributed by atoms with Crippen molar-refractivity contribution >= 4 is 55.9 Å². The summed E-state index contributed by atoms with van der Waals surface area (Å²) in [5, 5.41) is 5.67. The van der Waals surface area contributed by atoms with Gasteiger partial charge in [-0.25, -0.2) is 9.37 Å². The van der Waals surface area contributed by atoms with Crippen molar-refractivity contribution in [2.24, 2.45) is 0 Å². The Morgan fingerprint density at radius 3 is 2.52 bits per heavy atom. The first-order valence-corrected chi connectivity index (χ1v) is 10.7. The smallest absolute Gasteiger partial charge is 0.236 e. The molecule has 2 heterocycles. The van der Waals surface area contributed by atoms with Gasteiger partial charge in [-0.1, -0.05) is 23.5 Å². The zero-order chi connectivity index (χ0) is 20.2. The van der Waals surface area contributed by atoms with Crippen LogP contribution in [-0.2, 0) is 9.59 Å². The lowest BCUT2D eigenvalue weighted by atomic mass is 10.3. The van der Waals surface area contributed by atoms with Gasteiger partial charge in [0.1, 0.15) is 19.0 Å². The van der Waals surface area contributed by atoms with Crippen LogP contribution in [-0.4, -0.2) is 41.5 Å². The van der Waals surface area contributed by atoms with E-state index in [1.54, 1.807) is 18.2 Å². The van der Waals surface area contributed by atoms with Crippen LogP contribution in [0.3, 0.4) is 0 Å². The molecule has 1 aliphatic heterocycles. The highest BCUT2D eigenvalue weighted by Crippen LogP contribution is 2.37. The largest absolute Gasteiger partial charge is 0.486 e. The Kier molecular flexibility index (Phi) is 5.81. The molecule has 1 aliphatic rings. The monoisotopic (exact) mass is 433 g/mol. The standard InChI is InChI=1S/C19H16FN3O4S2/c20-11-3-1-2-4-12(11)21-17(24)9-28-10-18(25)23-19-22-13-7-14-15(8-16(13)29-19)27-6-5-26-14/h1-4,7-8H,5-6,9-10H2,(H,21,24)(H,22,23,25). The van der Waals surface area contributed by atoms with E-state index >= 15 is 0 Å². The second-order valence-corrected chi connectivity index (χ2v) is 8.07. The molecule has 0 bridgehead atoms. The average molecular weight is 433 g/mol. The van der Waals surface area contributed by atoms with Crippen molar-refractivity contribution in [1.29, 1.82) is 0 Å². The maximum absolute atomic E-state index is 13.5. The predicted molar refractivity (Wildman–Crippen MR) is 112 cm³/mol. The number of carbonyl (C=O) groups is 2. The Balaban J connectivity index is 1.28. The highest BCUT2D eigenvalue weighted by molar-refractivity contribution is 8.00. The number of aromatic nitrogens is 1. The van der Waals surface area contributed by atoms with Crippen LogP contribution in [0, 0.1) is 5.82 Å². The fraction of sp³-hybridized carbons (Fsp3) is 0.211. The Morgan fingerprint density at radius 2 is 1.76 bits per heavy atom. The summed E-state index contributed by atoms with van der Waals surface area (Å²) in [5.74, 6) is 0.261. The minimum Gasteiger partial charge on any atom is -0.486 e. The predicted octanol–water partition coefficient (Wildman–Crippen LogP) is 3.52. The molecule has 2 amide bonds. The molecule has 0 radical (unpaired) electrons. The minimum atomic E-state index is -0.503. The molecule has 4 rings (SSSR count). The van der Waals surface area contributed by atoms with Gasteiger partial charge in [0.25, 0.3) is 0 Å². The highest BCUT2D eigenvalue weighted by Gasteiger charge is 2.16. The number of hydrogen-bond acceptors (Lipinski definition) is 7. The zero-order valence-electron chi connectivity index (χ0n) is 15.1. The van der Waals surface area contributed by atoms with Crippen molar-refractivity contribution < 1.29 is 23.5 Å². The van der Waals surface area contributed by atoms with Crippen molar-refractivity contribution in [3.05, 3.63) is 42.2 Å². The summed E-state index contributed by atoms with van der Waals surface area (Å²) in [7, 11) is 0. The number of hydrogen-bond donors (Lipinski definition) is 2. The zero-order valence-corrected chi connectivity index (χ0v) is 16.7. The molecule has 0 aliphatic carbocycles. The van der Waals surface area contributed by atoms with E-state index in [1.807, 2.05) is 6.07 Å². The summed E-state index contributed by atoms with van der Waals surface area (Å²) in [6.07, 6.45) is 0. The number of benzene rings is 2. The van der Waals surface area contributed by atoms with Crippen LogP contribution in [0.4, 0.5) is 15.2 Å². The van der Waals surface area contributed by atoms with Gasteiger partial charge in [-0.15, -0.1) is 11.8 Å². The Labute approximate surface area is 173 Å². The molecular weight excluding hydrogens is 417 g/mol. The maximum atomic E-state index is 13.5. The van der Waals surface area contributed by atoms with Gasteiger partial charge in [-0.3, -0.25) is 9.59 Å². The lowest BCUT2D eigenvalue weighted by Gasteiger charge is -2.17. The van der Waals surface area contributed by atoms with Crippen molar-refractivity contribution in [2.75, 3.05) is 35.4 Å². The van der Waals surface area contributed by atoms with Crippen LogP contribution in [0.1, 0.15) is 0 Å². The molecule has 3 aromatic rings. The molecule has 0 atom stereocenters. The van der Waals surface area contributed by atoms with Gasteiger partial charge < -0.3 is 20.1 Å². The lowest BCUT2D eigenvalue weighted by Crippen LogP contribution is -2.18. The molecule has 7 nitrogen and oxygen atoms in total. The summed E-state index contributed by atoms with van der Waals surface area (Å²) >= 11 is 2.46. The highest BCUT2D eigenvalue weighted by atomic mass is 32.2. The second-order valence-electron chi connectivity index (χ2n) is 6.05. The van der Waals surface area contributed by atoms with E-state index in [4.69, 9.17) is 9.47 Å². The second kappa shape index (κ2) is 8.66. The number of nitrogens with one attached hydrogen (secondary N) is 2. The molecule has 2 aromatic carbocycles.